The molecule has 21 heavy (non-hydrogen) atoms. The van der Waals surface area contributed by atoms with Gasteiger partial charge in [0.05, 0.1) is 8.66 Å². The molecule has 0 aromatic carbocycles. The SMILES string of the molecule is CC(CCC(=O)O)NC(=O)c1csc(-c2ccc(Br)s2)n1. The Balaban J connectivity index is 1.97. The Labute approximate surface area is 138 Å². The third-order valence-electron chi connectivity index (χ3n) is 2.69. The van der Waals surface area contributed by atoms with Crippen LogP contribution in [0.1, 0.15) is 30.3 Å². The summed E-state index contributed by atoms with van der Waals surface area (Å²) in [4.78, 5) is 27.9. The first-order chi connectivity index (χ1) is 9.95. The maximum Gasteiger partial charge on any atom is 0.303 e. The molecule has 5 nitrogen and oxygen atoms in total. The molecular formula is C13H13BrN2O3S2. The molecule has 2 aromatic heterocycles. The van der Waals surface area contributed by atoms with Crippen molar-refractivity contribution in [1.82, 2.24) is 10.3 Å². The molecule has 1 unspecified atom stereocenters. The molecule has 8 heteroatoms. The third-order valence-corrected chi connectivity index (χ3v) is 5.32. The van der Waals surface area contributed by atoms with Crippen LogP contribution in [0, 0.1) is 0 Å². The van der Waals surface area contributed by atoms with Crippen molar-refractivity contribution in [3.8, 4) is 9.88 Å². The molecule has 0 radical (unpaired) electrons. The number of carbonyl (C=O) groups is 2. The monoisotopic (exact) mass is 388 g/mol. The number of hydrogen-bond donors (Lipinski definition) is 2. The van der Waals surface area contributed by atoms with Crippen molar-refractivity contribution in [2.24, 2.45) is 0 Å². The fraction of sp³-hybridized carbons (Fsp3) is 0.308. The van der Waals surface area contributed by atoms with Crippen LogP contribution in [0.4, 0.5) is 0 Å². The smallest absolute Gasteiger partial charge is 0.303 e. The summed E-state index contributed by atoms with van der Waals surface area (Å²) in [5.41, 5.74) is 0.363. The Morgan fingerprint density at radius 3 is 2.86 bits per heavy atom. The van der Waals surface area contributed by atoms with Crippen LogP contribution in [0.2, 0.25) is 0 Å². The average Bonchev–Trinajstić information content (AvgIpc) is 3.04. The number of carboxylic acid groups (broad SMARTS) is 1. The highest BCUT2D eigenvalue weighted by molar-refractivity contribution is 9.11. The zero-order chi connectivity index (χ0) is 15.4. The zero-order valence-corrected chi connectivity index (χ0v) is 14.3. The number of aliphatic carboxylic acids is 1. The van der Waals surface area contributed by atoms with Crippen LogP contribution in [0.5, 0.6) is 0 Å². The molecule has 0 aliphatic heterocycles. The second-order valence-electron chi connectivity index (χ2n) is 4.45. The fourth-order valence-electron chi connectivity index (χ4n) is 1.63. The lowest BCUT2D eigenvalue weighted by Gasteiger charge is -2.11. The lowest BCUT2D eigenvalue weighted by atomic mass is 10.2. The standard InChI is InChI=1S/C13H13BrN2O3S2/c1-7(2-5-11(17)18)15-12(19)8-6-20-13(16-8)9-3-4-10(14)21-9/h3-4,6-7H,2,5H2,1H3,(H,15,19)(H,17,18). The van der Waals surface area contributed by atoms with Gasteiger partial charge in [-0.15, -0.1) is 22.7 Å². The molecule has 112 valence electrons. The van der Waals surface area contributed by atoms with Crippen molar-refractivity contribution in [3.05, 3.63) is 27.0 Å². The van der Waals surface area contributed by atoms with E-state index in [1.165, 1.54) is 11.3 Å². The zero-order valence-electron chi connectivity index (χ0n) is 11.1. The number of carboxylic acids is 1. The van der Waals surface area contributed by atoms with E-state index in [2.05, 4.69) is 26.2 Å². The summed E-state index contributed by atoms with van der Waals surface area (Å²) >= 11 is 6.37. The van der Waals surface area contributed by atoms with E-state index in [4.69, 9.17) is 5.11 Å². The molecule has 2 rings (SSSR count). The summed E-state index contributed by atoms with van der Waals surface area (Å²) in [6.07, 6.45) is 0.433. The molecule has 1 atom stereocenters. The number of nitrogens with zero attached hydrogens (tertiary/aromatic N) is 1. The highest BCUT2D eigenvalue weighted by atomic mass is 79.9. The van der Waals surface area contributed by atoms with Gasteiger partial charge in [-0.05, 0) is 41.4 Å². The topological polar surface area (TPSA) is 79.3 Å². The van der Waals surface area contributed by atoms with Gasteiger partial charge in [0.25, 0.3) is 5.91 Å². The van der Waals surface area contributed by atoms with Crippen LogP contribution in [0.3, 0.4) is 0 Å². The van der Waals surface area contributed by atoms with E-state index < -0.39 is 5.97 Å². The Morgan fingerprint density at radius 1 is 1.48 bits per heavy atom. The molecule has 0 aliphatic rings. The highest BCUT2D eigenvalue weighted by Crippen LogP contribution is 2.33. The molecule has 2 N–H and O–H groups in total. The molecule has 1 amide bonds. The second-order valence-corrected chi connectivity index (χ2v) is 7.77. The van der Waals surface area contributed by atoms with E-state index in [0.29, 0.717) is 12.1 Å². The van der Waals surface area contributed by atoms with Gasteiger partial charge in [0.15, 0.2) is 0 Å². The van der Waals surface area contributed by atoms with Gasteiger partial charge in [-0.1, -0.05) is 0 Å². The first kappa shape index (κ1) is 16.1. The Kier molecular flexibility index (Phi) is 5.49. The Hall–Kier alpha value is -1.25. The summed E-state index contributed by atoms with van der Waals surface area (Å²) in [7, 11) is 0. The Morgan fingerprint density at radius 2 is 2.24 bits per heavy atom. The highest BCUT2D eigenvalue weighted by Gasteiger charge is 2.15. The van der Waals surface area contributed by atoms with E-state index in [0.717, 1.165) is 13.7 Å². The van der Waals surface area contributed by atoms with Gasteiger partial charge < -0.3 is 10.4 Å². The van der Waals surface area contributed by atoms with Crippen molar-refractivity contribution >= 4 is 50.5 Å². The van der Waals surface area contributed by atoms with Crippen molar-refractivity contribution in [3.63, 3.8) is 0 Å². The van der Waals surface area contributed by atoms with Gasteiger partial charge in [0, 0.05) is 17.8 Å². The maximum atomic E-state index is 12.0. The minimum atomic E-state index is -0.865. The van der Waals surface area contributed by atoms with E-state index in [1.807, 2.05) is 12.1 Å². The molecule has 2 heterocycles. The van der Waals surface area contributed by atoms with Gasteiger partial charge in [0.2, 0.25) is 0 Å². The minimum absolute atomic E-state index is 0.0347. The average molecular weight is 389 g/mol. The first-order valence-corrected chi connectivity index (χ1v) is 8.68. The normalized spacial score (nSPS) is 12.1. The van der Waals surface area contributed by atoms with Gasteiger partial charge in [-0.3, -0.25) is 9.59 Å². The summed E-state index contributed by atoms with van der Waals surface area (Å²) < 4.78 is 1.01. The van der Waals surface area contributed by atoms with Crippen LogP contribution in [0.25, 0.3) is 9.88 Å². The fourth-order valence-corrected chi connectivity index (χ4v) is 3.89. The van der Waals surface area contributed by atoms with Crippen LogP contribution in [0.15, 0.2) is 21.3 Å². The summed E-state index contributed by atoms with van der Waals surface area (Å²) in [6, 6.07) is 3.69. The number of thiazole rings is 1. The van der Waals surface area contributed by atoms with E-state index in [-0.39, 0.29) is 18.4 Å². The number of nitrogens with one attached hydrogen (secondary N) is 1. The lowest BCUT2D eigenvalue weighted by Crippen LogP contribution is -2.33. The quantitative estimate of drug-likeness (QED) is 0.791. The summed E-state index contributed by atoms with van der Waals surface area (Å²) in [6.45, 7) is 1.78. The molecular weight excluding hydrogens is 376 g/mol. The van der Waals surface area contributed by atoms with Gasteiger partial charge in [-0.2, -0.15) is 0 Å². The van der Waals surface area contributed by atoms with Gasteiger partial charge in [0.1, 0.15) is 10.7 Å². The number of carbonyl (C=O) groups excluding carboxylic acids is 1. The van der Waals surface area contributed by atoms with Gasteiger partial charge in [-0.25, -0.2) is 4.98 Å². The predicted molar refractivity (Wildman–Crippen MR) is 86.9 cm³/mol. The first-order valence-electron chi connectivity index (χ1n) is 6.19. The van der Waals surface area contributed by atoms with Crippen molar-refractivity contribution in [2.45, 2.75) is 25.8 Å². The number of aromatic nitrogens is 1. The van der Waals surface area contributed by atoms with Crippen molar-refractivity contribution in [2.75, 3.05) is 0 Å². The predicted octanol–water partition coefficient (Wildman–Crippen LogP) is 3.62. The number of halogens is 1. The van der Waals surface area contributed by atoms with Gasteiger partial charge >= 0.3 is 5.97 Å². The third kappa shape index (κ3) is 4.62. The number of rotatable bonds is 6. The van der Waals surface area contributed by atoms with E-state index >= 15 is 0 Å². The molecule has 0 saturated heterocycles. The molecule has 0 fully saturated rings. The minimum Gasteiger partial charge on any atom is -0.481 e. The molecule has 0 bridgehead atoms. The summed E-state index contributed by atoms with van der Waals surface area (Å²) in [5, 5.41) is 13.9. The van der Waals surface area contributed by atoms with Crippen molar-refractivity contribution in [1.29, 1.82) is 0 Å². The van der Waals surface area contributed by atoms with E-state index in [1.54, 1.807) is 23.6 Å². The second kappa shape index (κ2) is 7.15. The number of thiophene rings is 1. The number of amides is 1. The lowest BCUT2D eigenvalue weighted by molar-refractivity contribution is -0.137. The molecule has 2 aromatic rings. The molecule has 0 spiro atoms. The molecule has 0 saturated carbocycles. The van der Waals surface area contributed by atoms with Crippen LogP contribution in [-0.4, -0.2) is 28.0 Å². The van der Waals surface area contributed by atoms with Crippen LogP contribution < -0.4 is 5.32 Å². The Bertz CT molecular complexity index is 653. The largest absolute Gasteiger partial charge is 0.481 e. The van der Waals surface area contributed by atoms with Crippen LogP contribution >= 0.6 is 38.6 Å². The maximum absolute atomic E-state index is 12.0. The summed E-state index contributed by atoms with van der Waals surface area (Å²) in [5.74, 6) is -1.14. The van der Waals surface area contributed by atoms with Crippen LogP contribution in [-0.2, 0) is 4.79 Å². The van der Waals surface area contributed by atoms with E-state index in [9.17, 15) is 9.59 Å². The van der Waals surface area contributed by atoms with Crippen molar-refractivity contribution < 1.29 is 14.7 Å². The number of hydrogen-bond acceptors (Lipinski definition) is 5. The molecule has 0 aliphatic carbocycles.